The molecule has 0 aromatic carbocycles. The Morgan fingerprint density at radius 3 is 3.14 bits per heavy atom. The Balaban J connectivity index is 2.28. The van der Waals surface area contributed by atoms with Gasteiger partial charge in [-0.3, -0.25) is 0 Å². The molecule has 1 heterocycles. The summed E-state index contributed by atoms with van der Waals surface area (Å²) in [5, 5.41) is 0. The topological polar surface area (TPSA) is 21.6 Å². The minimum absolute atomic E-state index is 0.403. The number of nitrogens with zero attached hydrogens (tertiary/aromatic N) is 1. The van der Waals surface area contributed by atoms with Crippen molar-refractivity contribution < 1.29 is 9.13 Å². The number of alkyl halides is 1. The first-order valence-corrected chi connectivity index (χ1v) is 1.93. The van der Waals surface area contributed by atoms with Gasteiger partial charge < -0.3 is 4.74 Å². The largest absolute Gasteiger partial charge is 0.464 e. The molecule has 0 saturated carbocycles. The molecule has 0 spiro atoms. The van der Waals surface area contributed by atoms with Crippen LogP contribution in [0.2, 0.25) is 0 Å². The smallest absolute Gasteiger partial charge is 0.274 e. The van der Waals surface area contributed by atoms with E-state index in [1.165, 1.54) is 6.61 Å². The van der Waals surface area contributed by atoms with Crippen molar-refractivity contribution in [3.05, 3.63) is 6.61 Å². The van der Waals surface area contributed by atoms with E-state index >= 15 is 0 Å². The molecule has 0 saturated heterocycles. The summed E-state index contributed by atoms with van der Waals surface area (Å²) >= 11 is 0. The molecular formula is C4H4FNO. The summed E-state index contributed by atoms with van der Waals surface area (Å²) in [4.78, 5) is 3.45. The first kappa shape index (κ1) is 4.56. The summed E-state index contributed by atoms with van der Waals surface area (Å²) in [6, 6.07) is -0.403. The Morgan fingerprint density at radius 1 is 2.00 bits per heavy atom. The fraction of sp³-hybridized carbons (Fsp3) is 0.500. The van der Waals surface area contributed by atoms with E-state index in [4.69, 9.17) is 0 Å². The maximum atomic E-state index is 11.5. The molecule has 2 radical (unpaired) electrons. The van der Waals surface area contributed by atoms with E-state index < -0.39 is 12.7 Å². The maximum absolute atomic E-state index is 11.5. The van der Waals surface area contributed by atoms with Gasteiger partial charge in [0, 0.05) is 0 Å². The number of aliphatic imine (C=N–C) groups is 1. The SMILES string of the molecule is FCC1[CH]O[C]=N1. The number of hydrogen-bond donors (Lipinski definition) is 0. The Hall–Kier alpha value is -0.600. The van der Waals surface area contributed by atoms with Crippen LogP contribution in [0, 0.1) is 6.61 Å². The first-order valence-electron chi connectivity index (χ1n) is 1.93. The minimum atomic E-state index is -0.493. The van der Waals surface area contributed by atoms with Gasteiger partial charge >= 0.3 is 0 Å². The Labute approximate surface area is 41.0 Å². The zero-order chi connectivity index (χ0) is 5.11. The third-order valence-electron chi connectivity index (χ3n) is 0.654. The predicted octanol–water partition coefficient (Wildman–Crippen LogP) is 0.422. The zero-order valence-electron chi connectivity index (χ0n) is 3.60. The van der Waals surface area contributed by atoms with E-state index in [0.29, 0.717) is 0 Å². The Kier molecular flexibility index (Phi) is 1.24. The highest BCUT2D eigenvalue weighted by molar-refractivity contribution is 5.50. The van der Waals surface area contributed by atoms with Crippen LogP contribution in [-0.2, 0) is 4.74 Å². The molecule has 0 amide bonds. The van der Waals surface area contributed by atoms with Crippen molar-refractivity contribution >= 4 is 6.40 Å². The average Bonchev–Trinajstić information content (AvgIpc) is 2.14. The highest BCUT2D eigenvalue weighted by atomic mass is 19.1. The summed E-state index contributed by atoms with van der Waals surface area (Å²) in [5.74, 6) is 0. The van der Waals surface area contributed by atoms with Crippen molar-refractivity contribution in [2.45, 2.75) is 6.04 Å². The van der Waals surface area contributed by atoms with Crippen molar-refractivity contribution in [3.63, 3.8) is 0 Å². The lowest BCUT2D eigenvalue weighted by Gasteiger charge is -1.91. The molecule has 1 aliphatic rings. The van der Waals surface area contributed by atoms with Gasteiger partial charge in [-0.25, -0.2) is 9.38 Å². The van der Waals surface area contributed by atoms with Gasteiger partial charge in [0.05, 0.1) is 0 Å². The van der Waals surface area contributed by atoms with Gasteiger partial charge in [-0.05, 0) is 0 Å². The van der Waals surface area contributed by atoms with Crippen LogP contribution < -0.4 is 0 Å². The van der Waals surface area contributed by atoms with Crippen molar-refractivity contribution in [1.29, 1.82) is 0 Å². The van der Waals surface area contributed by atoms with E-state index in [1.54, 1.807) is 0 Å². The van der Waals surface area contributed by atoms with Gasteiger partial charge in [0.2, 0.25) is 0 Å². The molecule has 1 aliphatic heterocycles. The fourth-order valence-corrected chi connectivity index (χ4v) is 0.308. The van der Waals surface area contributed by atoms with Crippen LogP contribution in [0.15, 0.2) is 4.99 Å². The monoisotopic (exact) mass is 101 g/mol. The normalized spacial score (nSPS) is 27.9. The first-order chi connectivity index (χ1) is 3.43. The second-order valence-corrected chi connectivity index (χ2v) is 1.20. The minimum Gasteiger partial charge on any atom is -0.464 e. The highest BCUT2D eigenvalue weighted by Gasteiger charge is 2.11. The van der Waals surface area contributed by atoms with Crippen molar-refractivity contribution in [1.82, 2.24) is 0 Å². The molecule has 0 fully saturated rings. The molecule has 0 N–H and O–H groups in total. The molecule has 1 unspecified atom stereocenters. The van der Waals surface area contributed by atoms with Crippen LogP contribution in [0.25, 0.3) is 0 Å². The summed E-state index contributed by atoms with van der Waals surface area (Å²) < 4.78 is 15.8. The summed E-state index contributed by atoms with van der Waals surface area (Å²) in [5.41, 5.74) is 0. The van der Waals surface area contributed by atoms with Crippen molar-refractivity contribution in [3.8, 4) is 0 Å². The molecule has 1 atom stereocenters. The fourth-order valence-electron chi connectivity index (χ4n) is 0.308. The lowest BCUT2D eigenvalue weighted by atomic mass is 10.4. The number of hydrogen-bond acceptors (Lipinski definition) is 2. The Morgan fingerprint density at radius 2 is 2.86 bits per heavy atom. The third kappa shape index (κ3) is 0.885. The van der Waals surface area contributed by atoms with Crippen LogP contribution in [0.3, 0.4) is 0 Å². The van der Waals surface area contributed by atoms with E-state index in [0.717, 1.165) is 0 Å². The van der Waals surface area contributed by atoms with Crippen LogP contribution in [0.4, 0.5) is 4.39 Å². The molecule has 0 aromatic rings. The average molecular weight is 101 g/mol. The number of rotatable bonds is 1. The quantitative estimate of drug-likeness (QED) is 0.469. The lowest BCUT2D eigenvalue weighted by Crippen LogP contribution is -2.01. The molecule has 0 bridgehead atoms. The number of ether oxygens (including phenoxy) is 1. The number of halogens is 1. The van der Waals surface area contributed by atoms with Crippen LogP contribution in [-0.4, -0.2) is 19.1 Å². The molecular weight excluding hydrogens is 97.0 g/mol. The van der Waals surface area contributed by atoms with Crippen LogP contribution in [0.5, 0.6) is 0 Å². The maximum Gasteiger partial charge on any atom is 0.274 e. The van der Waals surface area contributed by atoms with Gasteiger partial charge in [0.25, 0.3) is 6.40 Å². The zero-order valence-corrected chi connectivity index (χ0v) is 3.60. The van der Waals surface area contributed by atoms with Gasteiger partial charge in [-0.2, -0.15) is 0 Å². The van der Waals surface area contributed by atoms with Crippen molar-refractivity contribution in [2.75, 3.05) is 6.67 Å². The molecule has 7 heavy (non-hydrogen) atoms. The molecule has 1 rings (SSSR count). The van der Waals surface area contributed by atoms with E-state index in [9.17, 15) is 4.39 Å². The molecule has 0 aliphatic carbocycles. The Bertz CT molecular complexity index is 83.8. The van der Waals surface area contributed by atoms with Crippen LogP contribution in [0.1, 0.15) is 0 Å². The second kappa shape index (κ2) is 1.91. The van der Waals surface area contributed by atoms with Gasteiger partial charge in [0.1, 0.15) is 12.7 Å². The second-order valence-electron chi connectivity index (χ2n) is 1.20. The highest BCUT2D eigenvalue weighted by Crippen LogP contribution is 2.02. The van der Waals surface area contributed by atoms with E-state index in [-0.39, 0.29) is 0 Å². The molecule has 2 nitrogen and oxygen atoms in total. The van der Waals surface area contributed by atoms with Crippen molar-refractivity contribution in [2.24, 2.45) is 4.99 Å². The summed E-state index contributed by atoms with van der Waals surface area (Å²) in [6.45, 7) is 0.812. The van der Waals surface area contributed by atoms with E-state index in [2.05, 4.69) is 16.1 Å². The summed E-state index contributed by atoms with van der Waals surface area (Å²) in [7, 11) is 0. The van der Waals surface area contributed by atoms with E-state index in [1.807, 2.05) is 0 Å². The molecule has 3 heteroatoms. The lowest BCUT2D eigenvalue weighted by molar-refractivity contribution is 0.371. The molecule has 0 aromatic heterocycles. The predicted molar refractivity (Wildman–Crippen MR) is 22.6 cm³/mol. The van der Waals surface area contributed by atoms with Gasteiger partial charge in [-0.1, -0.05) is 0 Å². The third-order valence-corrected chi connectivity index (χ3v) is 0.654. The standard InChI is InChI=1S/C4H4FNO/c5-1-4-2-7-3-6-4/h2,4H,1H2. The summed E-state index contributed by atoms with van der Waals surface area (Å²) in [6.07, 6.45) is 2.15. The molecule has 38 valence electrons. The van der Waals surface area contributed by atoms with Gasteiger partial charge in [0.15, 0.2) is 6.61 Å². The van der Waals surface area contributed by atoms with Crippen LogP contribution >= 0.6 is 0 Å². The van der Waals surface area contributed by atoms with Gasteiger partial charge in [-0.15, -0.1) is 0 Å².